The number of likely N-dealkylation sites (tertiary alicyclic amines) is 1. The first-order chi connectivity index (χ1) is 10.7. The summed E-state index contributed by atoms with van der Waals surface area (Å²) in [6.07, 6.45) is -5.58. The lowest BCUT2D eigenvalue weighted by atomic mass is 9.86. The van der Waals surface area contributed by atoms with Crippen LogP contribution in [0.2, 0.25) is 0 Å². The van der Waals surface area contributed by atoms with Gasteiger partial charge >= 0.3 is 12.1 Å². The van der Waals surface area contributed by atoms with E-state index in [4.69, 9.17) is 9.84 Å². The number of carboxylic acids is 1. The van der Waals surface area contributed by atoms with Crippen molar-refractivity contribution >= 4 is 27.8 Å². The third-order valence-electron chi connectivity index (χ3n) is 3.76. The maximum absolute atomic E-state index is 13.1. The van der Waals surface area contributed by atoms with Crippen molar-refractivity contribution in [3.8, 4) is 5.75 Å². The van der Waals surface area contributed by atoms with Crippen LogP contribution in [0.1, 0.15) is 6.42 Å². The zero-order valence-electron chi connectivity index (χ0n) is 11.8. The third kappa shape index (κ3) is 3.44. The topological polar surface area (TPSA) is 66.8 Å². The molecule has 0 radical (unpaired) electrons. The summed E-state index contributed by atoms with van der Waals surface area (Å²) < 4.78 is 45.0. The first-order valence-corrected chi connectivity index (χ1v) is 7.42. The SMILES string of the molecule is O=C(COc1ccccc1Br)N1CCC(C(=O)O)(C(F)(F)F)C1. The van der Waals surface area contributed by atoms with E-state index in [9.17, 15) is 22.8 Å². The molecule has 0 aromatic heterocycles. The van der Waals surface area contributed by atoms with Gasteiger partial charge < -0.3 is 14.7 Å². The molecule has 1 fully saturated rings. The smallest absolute Gasteiger partial charge is 0.406 e. The predicted molar refractivity (Wildman–Crippen MR) is 77.0 cm³/mol. The van der Waals surface area contributed by atoms with Crippen LogP contribution in [0.5, 0.6) is 5.75 Å². The summed E-state index contributed by atoms with van der Waals surface area (Å²) in [6, 6.07) is 6.71. The fraction of sp³-hybridized carbons (Fsp3) is 0.429. The van der Waals surface area contributed by atoms with Crippen molar-refractivity contribution in [2.24, 2.45) is 5.41 Å². The van der Waals surface area contributed by atoms with Crippen LogP contribution in [-0.4, -0.2) is 47.8 Å². The van der Waals surface area contributed by atoms with Gasteiger partial charge in [0, 0.05) is 13.1 Å². The van der Waals surface area contributed by atoms with E-state index in [2.05, 4.69) is 15.9 Å². The minimum atomic E-state index is -4.92. The van der Waals surface area contributed by atoms with E-state index in [-0.39, 0.29) is 6.54 Å². The Balaban J connectivity index is 2.02. The molecule has 0 spiro atoms. The number of ether oxygens (including phenoxy) is 1. The second-order valence-electron chi connectivity index (χ2n) is 5.17. The van der Waals surface area contributed by atoms with Gasteiger partial charge in [0.2, 0.25) is 0 Å². The second-order valence-corrected chi connectivity index (χ2v) is 6.02. The van der Waals surface area contributed by atoms with E-state index in [1.54, 1.807) is 24.3 Å². The Morgan fingerprint density at radius 2 is 2.00 bits per heavy atom. The van der Waals surface area contributed by atoms with E-state index in [1.165, 1.54) is 0 Å². The Morgan fingerprint density at radius 1 is 1.35 bits per heavy atom. The second kappa shape index (κ2) is 6.38. The van der Waals surface area contributed by atoms with Gasteiger partial charge in [-0.15, -0.1) is 0 Å². The molecule has 0 saturated carbocycles. The van der Waals surface area contributed by atoms with E-state index in [0.717, 1.165) is 4.90 Å². The lowest BCUT2D eigenvalue weighted by Crippen LogP contribution is -2.48. The molecule has 1 unspecified atom stereocenters. The number of alkyl halides is 3. The van der Waals surface area contributed by atoms with Crippen molar-refractivity contribution in [1.29, 1.82) is 0 Å². The van der Waals surface area contributed by atoms with Crippen molar-refractivity contribution in [1.82, 2.24) is 4.90 Å². The number of carboxylic acid groups (broad SMARTS) is 1. The van der Waals surface area contributed by atoms with Crippen LogP contribution >= 0.6 is 15.9 Å². The average molecular weight is 396 g/mol. The molecule has 126 valence electrons. The number of rotatable bonds is 4. The number of benzene rings is 1. The maximum atomic E-state index is 13.1. The van der Waals surface area contributed by atoms with Gasteiger partial charge in [0.05, 0.1) is 4.47 Å². The Kier molecular flexibility index (Phi) is 4.88. The molecule has 1 atom stereocenters. The fourth-order valence-corrected chi connectivity index (χ4v) is 2.74. The van der Waals surface area contributed by atoms with Crippen LogP contribution in [-0.2, 0) is 9.59 Å². The minimum absolute atomic E-state index is 0.274. The Morgan fingerprint density at radius 3 is 2.52 bits per heavy atom. The van der Waals surface area contributed by atoms with Gasteiger partial charge in [0.1, 0.15) is 5.75 Å². The van der Waals surface area contributed by atoms with Crippen molar-refractivity contribution in [2.75, 3.05) is 19.7 Å². The average Bonchev–Trinajstić information content (AvgIpc) is 2.92. The van der Waals surface area contributed by atoms with Gasteiger partial charge in [-0.3, -0.25) is 9.59 Å². The molecule has 0 aliphatic carbocycles. The molecule has 2 rings (SSSR count). The van der Waals surface area contributed by atoms with Gasteiger partial charge in [0.15, 0.2) is 12.0 Å². The number of para-hydroxylation sites is 1. The summed E-state index contributed by atoms with van der Waals surface area (Å²) in [5, 5.41) is 8.95. The Labute approximate surface area is 138 Å². The number of carbonyl (C=O) groups excluding carboxylic acids is 1. The standard InChI is InChI=1S/C14H13BrF3NO4/c15-9-3-1-2-4-10(9)23-7-11(20)19-6-5-13(8-19,12(21)22)14(16,17)18/h1-4H,5-8H2,(H,21,22). The summed E-state index contributed by atoms with van der Waals surface area (Å²) in [4.78, 5) is 23.9. The number of hydrogen-bond donors (Lipinski definition) is 1. The number of amides is 1. The Hall–Kier alpha value is -1.77. The molecule has 1 aliphatic heterocycles. The molecular weight excluding hydrogens is 383 g/mol. The first-order valence-electron chi connectivity index (χ1n) is 6.62. The van der Waals surface area contributed by atoms with E-state index in [0.29, 0.717) is 10.2 Å². The van der Waals surface area contributed by atoms with E-state index < -0.39 is 43.0 Å². The molecule has 1 aromatic rings. The summed E-state index contributed by atoms with van der Waals surface area (Å²) in [5.41, 5.74) is -2.91. The van der Waals surface area contributed by atoms with Crippen LogP contribution in [0.4, 0.5) is 13.2 Å². The highest BCUT2D eigenvalue weighted by Gasteiger charge is 2.64. The number of carbonyl (C=O) groups is 2. The number of nitrogens with zero attached hydrogens (tertiary/aromatic N) is 1. The van der Waals surface area contributed by atoms with E-state index >= 15 is 0 Å². The predicted octanol–water partition coefficient (Wildman–Crippen LogP) is 2.69. The molecule has 1 aromatic carbocycles. The van der Waals surface area contributed by atoms with Crippen LogP contribution < -0.4 is 4.74 Å². The van der Waals surface area contributed by atoms with Crippen LogP contribution in [0.3, 0.4) is 0 Å². The molecule has 9 heteroatoms. The van der Waals surface area contributed by atoms with Gasteiger partial charge in [-0.1, -0.05) is 12.1 Å². The van der Waals surface area contributed by atoms with Gasteiger partial charge in [0.25, 0.3) is 5.91 Å². The molecule has 1 aliphatic rings. The maximum Gasteiger partial charge on any atom is 0.406 e. The molecule has 23 heavy (non-hydrogen) atoms. The molecule has 1 amide bonds. The lowest BCUT2D eigenvalue weighted by molar-refractivity contribution is -0.227. The normalized spacial score (nSPS) is 21.3. The van der Waals surface area contributed by atoms with Gasteiger partial charge in [-0.2, -0.15) is 13.2 Å². The minimum Gasteiger partial charge on any atom is -0.483 e. The summed E-state index contributed by atoms with van der Waals surface area (Å²) in [5.74, 6) is -2.28. The summed E-state index contributed by atoms with van der Waals surface area (Å²) in [7, 11) is 0. The molecule has 0 bridgehead atoms. The van der Waals surface area contributed by atoms with Crippen LogP contribution in [0, 0.1) is 5.41 Å². The monoisotopic (exact) mass is 395 g/mol. The fourth-order valence-electron chi connectivity index (χ4n) is 2.34. The number of aliphatic carboxylic acids is 1. The highest BCUT2D eigenvalue weighted by Crippen LogP contribution is 2.45. The summed E-state index contributed by atoms with van der Waals surface area (Å²) in [6.45, 7) is -1.63. The van der Waals surface area contributed by atoms with Crippen LogP contribution in [0.15, 0.2) is 28.7 Å². The molecule has 5 nitrogen and oxygen atoms in total. The molecular formula is C14H13BrF3NO4. The highest BCUT2D eigenvalue weighted by molar-refractivity contribution is 9.10. The first kappa shape index (κ1) is 17.6. The van der Waals surface area contributed by atoms with Gasteiger partial charge in [-0.25, -0.2) is 0 Å². The number of hydrogen-bond acceptors (Lipinski definition) is 3. The molecule has 1 N–H and O–H groups in total. The van der Waals surface area contributed by atoms with Crippen LogP contribution in [0.25, 0.3) is 0 Å². The molecule has 1 saturated heterocycles. The van der Waals surface area contributed by atoms with Gasteiger partial charge in [-0.05, 0) is 34.5 Å². The highest BCUT2D eigenvalue weighted by atomic mass is 79.9. The van der Waals surface area contributed by atoms with Crippen molar-refractivity contribution in [3.05, 3.63) is 28.7 Å². The van der Waals surface area contributed by atoms with Crippen molar-refractivity contribution in [2.45, 2.75) is 12.6 Å². The van der Waals surface area contributed by atoms with Crippen molar-refractivity contribution < 1.29 is 32.6 Å². The zero-order valence-corrected chi connectivity index (χ0v) is 13.4. The molecule has 1 heterocycles. The Bertz CT molecular complexity index is 622. The quantitative estimate of drug-likeness (QED) is 0.850. The third-order valence-corrected chi connectivity index (χ3v) is 4.42. The zero-order chi connectivity index (χ0) is 17.3. The lowest BCUT2D eigenvalue weighted by Gasteiger charge is -2.27. The van der Waals surface area contributed by atoms with Crippen molar-refractivity contribution in [3.63, 3.8) is 0 Å². The largest absolute Gasteiger partial charge is 0.483 e. The number of halogens is 4. The van der Waals surface area contributed by atoms with E-state index in [1.807, 2.05) is 0 Å². The summed E-state index contributed by atoms with van der Waals surface area (Å²) >= 11 is 3.22.